The molecular weight excluding hydrogens is 599 g/mol. The van der Waals surface area contributed by atoms with E-state index in [1.807, 2.05) is 33.3 Å². The maximum Gasteiger partial charge on any atom is 0.268 e. The van der Waals surface area contributed by atoms with Crippen LogP contribution < -0.4 is 10.2 Å². The van der Waals surface area contributed by atoms with Crippen molar-refractivity contribution in [3.63, 3.8) is 0 Å². The summed E-state index contributed by atoms with van der Waals surface area (Å²) < 4.78 is 23.0. The van der Waals surface area contributed by atoms with Crippen LogP contribution in [0, 0.1) is 0 Å². The van der Waals surface area contributed by atoms with Gasteiger partial charge in [-0.05, 0) is 38.5 Å². The van der Waals surface area contributed by atoms with E-state index in [0.29, 0.717) is 23.9 Å². The zero-order chi connectivity index (χ0) is 34.4. The number of allylic oxidation sites excluding steroid dienone is 8. The Kier molecular flexibility index (Phi) is 28.6. The number of quaternary nitrogens is 1. The Bertz CT molecular complexity index is 897. The van der Waals surface area contributed by atoms with Crippen LogP contribution in [0.5, 0.6) is 0 Å². The standard InChI is InChI=1S/C37H69N2O6P/c1-6-8-10-12-14-16-18-19-21-23-25-27-29-31-37(41)38-35(34-45-46(42,43)44-33-32-39(3,4)5)36(40)30-28-26-24-22-20-17-15-13-11-9-7-2/h8,10,14,16,19,21,25,27,35-36,40H,6-7,9,11-13,15,17-18,20,22-24,26,28-34H2,1-5H3,(H-,38,41,42,43)/b10-8-,16-14-,21-19-,27-25-. The number of hydrogen-bond acceptors (Lipinski definition) is 6. The lowest BCUT2D eigenvalue weighted by Gasteiger charge is -2.30. The van der Waals surface area contributed by atoms with Crippen LogP contribution in [0.1, 0.15) is 129 Å². The van der Waals surface area contributed by atoms with Gasteiger partial charge in [0.2, 0.25) is 5.91 Å². The van der Waals surface area contributed by atoms with E-state index in [4.69, 9.17) is 9.05 Å². The number of amides is 1. The fourth-order valence-electron chi connectivity index (χ4n) is 4.69. The normalized spacial score (nSPS) is 15.4. The summed E-state index contributed by atoms with van der Waals surface area (Å²) in [6.45, 7) is 4.49. The minimum Gasteiger partial charge on any atom is -0.756 e. The molecular formula is C37H69N2O6P. The molecule has 2 N–H and O–H groups in total. The lowest BCUT2D eigenvalue weighted by Crippen LogP contribution is -2.46. The molecule has 0 radical (unpaired) electrons. The quantitative estimate of drug-likeness (QED) is 0.0333. The van der Waals surface area contributed by atoms with Crippen molar-refractivity contribution in [2.45, 2.75) is 142 Å². The lowest BCUT2D eigenvalue weighted by atomic mass is 10.0. The highest BCUT2D eigenvalue weighted by atomic mass is 31.2. The van der Waals surface area contributed by atoms with Gasteiger partial charge in [-0.2, -0.15) is 0 Å². The summed E-state index contributed by atoms with van der Waals surface area (Å²) in [5.41, 5.74) is 0. The SMILES string of the molecule is CC/C=C\C/C=C\C/C=C\C/C=C\CCC(=O)NC(COP(=O)([O-])OCC[N+](C)(C)C)C(O)CCCCCCCCCCCCC. The summed E-state index contributed by atoms with van der Waals surface area (Å²) in [5, 5.41) is 13.7. The molecule has 0 rings (SSSR count). The molecule has 0 aliphatic heterocycles. The smallest absolute Gasteiger partial charge is 0.268 e. The highest BCUT2D eigenvalue weighted by Gasteiger charge is 2.24. The number of nitrogens with one attached hydrogen (secondary N) is 1. The number of unbranched alkanes of at least 4 members (excludes halogenated alkanes) is 10. The van der Waals surface area contributed by atoms with Crippen LogP contribution >= 0.6 is 7.82 Å². The average molecular weight is 669 g/mol. The number of carbonyl (C=O) groups excluding carboxylic acids is 1. The molecule has 0 saturated carbocycles. The molecule has 3 unspecified atom stereocenters. The number of likely N-dealkylation sites (N-methyl/N-ethyl adjacent to an activating group) is 1. The number of carbonyl (C=O) groups is 1. The van der Waals surface area contributed by atoms with Crippen LogP contribution in [0.15, 0.2) is 48.6 Å². The number of aliphatic hydroxyl groups is 1. The molecule has 46 heavy (non-hydrogen) atoms. The van der Waals surface area contributed by atoms with Gasteiger partial charge < -0.3 is 28.8 Å². The Labute approximate surface area is 282 Å². The first-order valence-electron chi connectivity index (χ1n) is 18.0. The molecule has 0 aromatic heterocycles. The third kappa shape index (κ3) is 31.1. The highest BCUT2D eigenvalue weighted by Crippen LogP contribution is 2.38. The lowest BCUT2D eigenvalue weighted by molar-refractivity contribution is -0.870. The Morgan fingerprint density at radius 1 is 0.783 bits per heavy atom. The van der Waals surface area contributed by atoms with Crippen LogP contribution in [-0.4, -0.2) is 68.5 Å². The van der Waals surface area contributed by atoms with E-state index in [-0.39, 0.29) is 25.5 Å². The number of hydrogen-bond donors (Lipinski definition) is 2. The summed E-state index contributed by atoms with van der Waals surface area (Å²) in [5.74, 6) is -0.249. The van der Waals surface area contributed by atoms with Gasteiger partial charge in [0.1, 0.15) is 13.2 Å². The van der Waals surface area contributed by atoms with Gasteiger partial charge in [0.05, 0.1) is 39.9 Å². The average Bonchev–Trinajstić information content (AvgIpc) is 2.99. The van der Waals surface area contributed by atoms with Crippen LogP contribution in [0.2, 0.25) is 0 Å². The second kappa shape index (κ2) is 29.6. The second-order valence-corrected chi connectivity index (χ2v) is 14.6. The van der Waals surface area contributed by atoms with Crippen LogP contribution in [0.4, 0.5) is 0 Å². The summed E-state index contributed by atoms with van der Waals surface area (Å²) in [6.07, 6.45) is 34.2. The van der Waals surface area contributed by atoms with Gasteiger partial charge in [-0.1, -0.05) is 133 Å². The number of nitrogens with zero attached hydrogens (tertiary/aromatic N) is 1. The van der Waals surface area contributed by atoms with E-state index < -0.39 is 20.0 Å². The molecule has 268 valence electrons. The minimum atomic E-state index is -4.57. The van der Waals surface area contributed by atoms with Crippen molar-refractivity contribution in [3.05, 3.63) is 48.6 Å². The fourth-order valence-corrected chi connectivity index (χ4v) is 5.42. The van der Waals surface area contributed by atoms with Gasteiger partial charge in [0.25, 0.3) is 7.82 Å². The molecule has 3 atom stereocenters. The molecule has 8 nitrogen and oxygen atoms in total. The third-order valence-electron chi connectivity index (χ3n) is 7.59. The maximum atomic E-state index is 12.7. The summed E-state index contributed by atoms with van der Waals surface area (Å²) >= 11 is 0. The monoisotopic (exact) mass is 668 g/mol. The number of phosphoric ester groups is 1. The molecule has 0 saturated heterocycles. The predicted octanol–water partition coefficient (Wildman–Crippen LogP) is 8.33. The Hall–Kier alpha value is -1.54. The van der Waals surface area contributed by atoms with Crippen molar-refractivity contribution >= 4 is 13.7 Å². The summed E-state index contributed by atoms with van der Waals surface area (Å²) in [6, 6.07) is -0.836. The molecule has 0 heterocycles. The first-order chi connectivity index (χ1) is 22.0. The van der Waals surface area contributed by atoms with Gasteiger partial charge >= 0.3 is 0 Å². The topological polar surface area (TPSA) is 108 Å². The molecule has 0 spiro atoms. The first kappa shape index (κ1) is 44.5. The summed E-state index contributed by atoms with van der Waals surface area (Å²) in [7, 11) is 1.25. The zero-order valence-electron chi connectivity index (χ0n) is 30.0. The molecule has 0 bridgehead atoms. The highest BCUT2D eigenvalue weighted by molar-refractivity contribution is 7.45. The number of aliphatic hydroxyl groups excluding tert-OH is 1. The van der Waals surface area contributed by atoms with Gasteiger partial charge in [-0.25, -0.2) is 0 Å². The molecule has 9 heteroatoms. The summed E-state index contributed by atoms with van der Waals surface area (Å²) in [4.78, 5) is 25.1. The molecule has 1 amide bonds. The number of rotatable bonds is 31. The third-order valence-corrected chi connectivity index (χ3v) is 8.56. The number of phosphoric acid groups is 1. The largest absolute Gasteiger partial charge is 0.756 e. The predicted molar refractivity (Wildman–Crippen MR) is 191 cm³/mol. The van der Waals surface area contributed by atoms with Crippen molar-refractivity contribution in [3.8, 4) is 0 Å². The van der Waals surface area contributed by atoms with Crippen LogP contribution in [0.25, 0.3) is 0 Å². The van der Waals surface area contributed by atoms with Crippen molar-refractivity contribution < 1.29 is 32.9 Å². The van der Waals surface area contributed by atoms with E-state index in [2.05, 4.69) is 55.6 Å². The van der Waals surface area contributed by atoms with Gasteiger partial charge in [-0.15, -0.1) is 0 Å². The minimum absolute atomic E-state index is 0.00251. The fraction of sp³-hybridized carbons (Fsp3) is 0.757. The Balaban J connectivity index is 4.65. The van der Waals surface area contributed by atoms with E-state index in [1.54, 1.807) is 0 Å². The van der Waals surface area contributed by atoms with Gasteiger partial charge in [0.15, 0.2) is 0 Å². The van der Waals surface area contributed by atoms with E-state index in [1.165, 1.54) is 51.4 Å². The van der Waals surface area contributed by atoms with Crippen LogP contribution in [0.3, 0.4) is 0 Å². The van der Waals surface area contributed by atoms with Crippen molar-refractivity contribution in [1.82, 2.24) is 5.32 Å². The molecule has 0 aliphatic carbocycles. The molecule has 0 aromatic carbocycles. The van der Waals surface area contributed by atoms with E-state index in [9.17, 15) is 19.4 Å². The van der Waals surface area contributed by atoms with Crippen LogP contribution in [-0.2, 0) is 18.4 Å². The Morgan fingerprint density at radius 2 is 1.28 bits per heavy atom. The zero-order valence-corrected chi connectivity index (χ0v) is 30.9. The molecule has 0 aliphatic rings. The van der Waals surface area contributed by atoms with Crippen molar-refractivity contribution in [2.24, 2.45) is 0 Å². The maximum absolute atomic E-state index is 12.7. The van der Waals surface area contributed by atoms with Crippen molar-refractivity contribution in [1.29, 1.82) is 0 Å². The first-order valence-corrected chi connectivity index (χ1v) is 19.4. The van der Waals surface area contributed by atoms with Crippen molar-refractivity contribution in [2.75, 3.05) is 40.9 Å². The van der Waals surface area contributed by atoms with E-state index >= 15 is 0 Å². The van der Waals surface area contributed by atoms with Gasteiger partial charge in [0, 0.05) is 6.42 Å². The van der Waals surface area contributed by atoms with E-state index in [0.717, 1.165) is 44.9 Å². The molecule has 0 aromatic rings. The Morgan fingerprint density at radius 3 is 1.80 bits per heavy atom. The molecule has 0 fully saturated rings. The van der Waals surface area contributed by atoms with Gasteiger partial charge in [-0.3, -0.25) is 9.36 Å². The second-order valence-electron chi connectivity index (χ2n) is 13.2.